The molecule has 0 saturated heterocycles. The lowest BCUT2D eigenvalue weighted by molar-refractivity contribution is 0.0954. The van der Waals surface area contributed by atoms with Gasteiger partial charge in [0.05, 0.1) is 11.9 Å². The van der Waals surface area contributed by atoms with E-state index in [1.54, 1.807) is 16.9 Å². The minimum atomic E-state index is -0.143. The first-order chi connectivity index (χ1) is 12.2. The van der Waals surface area contributed by atoms with E-state index < -0.39 is 0 Å². The average Bonchev–Trinajstić information content (AvgIpc) is 3.06. The molecule has 1 aromatic carbocycles. The average molecular weight is 357 g/mol. The maximum absolute atomic E-state index is 12.4. The fourth-order valence-electron chi connectivity index (χ4n) is 2.77. The number of hydrogen-bond donors (Lipinski definition) is 1. The fourth-order valence-corrected chi connectivity index (χ4v) is 3.01. The zero-order chi connectivity index (χ0) is 17.6. The molecular formula is C19H21ClN4O. The summed E-state index contributed by atoms with van der Waals surface area (Å²) in [6.07, 6.45) is 7.71. The Morgan fingerprint density at radius 2 is 2.04 bits per heavy atom. The number of amides is 1. The quantitative estimate of drug-likeness (QED) is 0.640. The summed E-state index contributed by atoms with van der Waals surface area (Å²) >= 11 is 6.30. The Labute approximate surface area is 152 Å². The molecule has 6 heteroatoms. The lowest BCUT2D eigenvalue weighted by Crippen LogP contribution is -2.24. The summed E-state index contributed by atoms with van der Waals surface area (Å²) in [4.78, 5) is 16.8. The minimum Gasteiger partial charge on any atom is -0.352 e. The van der Waals surface area contributed by atoms with Gasteiger partial charge in [-0.05, 0) is 18.6 Å². The molecule has 3 rings (SSSR count). The largest absolute Gasteiger partial charge is 0.352 e. The van der Waals surface area contributed by atoms with Gasteiger partial charge in [0.1, 0.15) is 5.56 Å². The van der Waals surface area contributed by atoms with E-state index in [0.29, 0.717) is 22.8 Å². The van der Waals surface area contributed by atoms with Gasteiger partial charge in [-0.25, -0.2) is 9.50 Å². The number of unbranched alkanes of at least 4 members (excludes halogenated alkanes) is 3. The maximum atomic E-state index is 12.4. The van der Waals surface area contributed by atoms with E-state index in [1.165, 1.54) is 12.8 Å². The second kappa shape index (κ2) is 8.12. The number of hydrogen-bond acceptors (Lipinski definition) is 3. The SMILES string of the molecule is CCCCCCNC(=O)c1cnn2c(-c3ccccc3Cl)ccnc12. The topological polar surface area (TPSA) is 59.3 Å². The number of carbonyl (C=O) groups is 1. The molecule has 5 nitrogen and oxygen atoms in total. The second-order valence-electron chi connectivity index (χ2n) is 5.92. The normalized spacial score (nSPS) is 11.0. The Kier molecular flexibility index (Phi) is 5.66. The van der Waals surface area contributed by atoms with E-state index in [0.717, 1.165) is 24.1 Å². The van der Waals surface area contributed by atoms with Crippen molar-refractivity contribution in [3.05, 3.63) is 53.3 Å². The molecule has 0 fully saturated rings. The van der Waals surface area contributed by atoms with Gasteiger partial charge in [0.25, 0.3) is 5.91 Å². The third-order valence-corrected chi connectivity index (χ3v) is 4.44. The molecule has 2 aromatic heterocycles. The highest BCUT2D eigenvalue weighted by Crippen LogP contribution is 2.27. The van der Waals surface area contributed by atoms with Crippen molar-refractivity contribution in [2.75, 3.05) is 6.54 Å². The lowest BCUT2D eigenvalue weighted by Gasteiger charge is -2.07. The van der Waals surface area contributed by atoms with Gasteiger partial charge in [0.15, 0.2) is 5.65 Å². The van der Waals surface area contributed by atoms with Gasteiger partial charge in [-0.3, -0.25) is 4.79 Å². The Balaban J connectivity index is 1.84. The van der Waals surface area contributed by atoms with Crippen LogP contribution in [0.4, 0.5) is 0 Å². The van der Waals surface area contributed by atoms with Crippen LogP contribution in [-0.4, -0.2) is 27.0 Å². The number of fused-ring (bicyclic) bond motifs is 1. The zero-order valence-corrected chi connectivity index (χ0v) is 15.0. The van der Waals surface area contributed by atoms with E-state index in [-0.39, 0.29) is 5.91 Å². The van der Waals surface area contributed by atoms with Gasteiger partial charge >= 0.3 is 0 Å². The highest BCUT2D eigenvalue weighted by Gasteiger charge is 2.16. The van der Waals surface area contributed by atoms with Gasteiger partial charge in [-0.15, -0.1) is 0 Å². The summed E-state index contributed by atoms with van der Waals surface area (Å²) in [6.45, 7) is 2.83. The van der Waals surface area contributed by atoms with Crippen molar-refractivity contribution in [1.29, 1.82) is 0 Å². The molecule has 0 bridgehead atoms. The van der Waals surface area contributed by atoms with Crippen LogP contribution < -0.4 is 5.32 Å². The van der Waals surface area contributed by atoms with Crippen LogP contribution in [0.2, 0.25) is 5.02 Å². The monoisotopic (exact) mass is 356 g/mol. The highest BCUT2D eigenvalue weighted by molar-refractivity contribution is 6.33. The van der Waals surface area contributed by atoms with Gasteiger partial charge in [0.2, 0.25) is 0 Å². The first-order valence-corrected chi connectivity index (χ1v) is 8.96. The van der Waals surface area contributed by atoms with Gasteiger partial charge in [-0.2, -0.15) is 5.10 Å². The first-order valence-electron chi connectivity index (χ1n) is 8.58. The van der Waals surface area contributed by atoms with Crippen molar-refractivity contribution < 1.29 is 4.79 Å². The van der Waals surface area contributed by atoms with Crippen LogP contribution in [0.15, 0.2) is 42.7 Å². The Bertz CT molecular complexity index is 875. The fraction of sp³-hybridized carbons (Fsp3) is 0.316. The van der Waals surface area contributed by atoms with Crippen molar-refractivity contribution >= 4 is 23.2 Å². The number of nitrogens with one attached hydrogen (secondary N) is 1. The molecule has 130 valence electrons. The molecular weight excluding hydrogens is 336 g/mol. The molecule has 3 aromatic rings. The molecule has 0 aliphatic carbocycles. The molecule has 0 radical (unpaired) electrons. The molecule has 0 spiro atoms. The molecule has 0 aliphatic heterocycles. The highest BCUT2D eigenvalue weighted by atomic mass is 35.5. The Morgan fingerprint density at radius 3 is 2.84 bits per heavy atom. The summed E-state index contributed by atoms with van der Waals surface area (Å²) in [5.74, 6) is -0.143. The van der Waals surface area contributed by atoms with Crippen LogP contribution in [0.5, 0.6) is 0 Å². The predicted molar refractivity (Wildman–Crippen MR) is 99.9 cm³/mol. The van der Waals surface area contributed by atoms with E-state index in [4.69, 9.17) is 11.6 Å². The minimum absolute atomic E-state index is 0.143. The van der Waals surface area contributed by atoms with Crippen molar-refractivity contribution in [3.8, 4) is 11.3 Å². The predicted octanol–water partition coefficient (Wildman–Crippen LogP) is 4.36. The summed E-state index contributed by atoms with van der Waals surface area (Å²) < 4.78 is 1.66. The van der Waals surface area contributed by atoms with E-state index in [9.17, 15) is 4.79 Å². The van der Waals surface area contributed by atoms with Crippen molar-refractivity contribution in [1.82, 2.24) is 19.9 Å². The van der Waals surface area contributed by atoms with E-state index in [2.05, 4.69) is 22.3 Å². The van der Waals surface area contributed by atoms with Crippen LogP contribution in [0, 0.1) is 0 Å². The molecule has 1 N–H and O–H groups in total. The van der Waals surface area contributed by atoms with Crippen LogP contribution in [0.25, 0.3) is 16.9 Å². The Morgan fingerprint density at radius 1 is 1.20 bits per heavy atom. The standard InChI is InChI=1S/C19H21ClN4O/c1-2-3-4-7-11-22-19(25)15-13-23-24-17(10-12-21-18(15)24)14-8-5-6-9-16(14)20/h5-6,8-10,12-13H,2-4,7,11H2,1H3,(H,22,25). The Hall–Kier alpha value is -2.40. The third kappa shape index (κ3) is 3.82. The smallest absolute Gasteiger partial charge is 0.256 e. The number of benzene rings is 1. The number of rotatable bonds is 7. The van der Waals surface area contributed by atoms with Gasteiger partial charge < -0.3 is 5.32 Å². The van der Waals surface area contributed by atoms with Crippen molar-refractivity contribution in [3.63, 3.8) is 0 Å². The molecule has 1 amide bonds. The van der Waals surface area contributed by atoms with Crippen LogP contribution >= 0.6 is 11.6 Å². The van der Waals surface area contributed by atoms with Crippen LogP contribution in [-0.2, 0) is 0 Å². The molecule has 0 aliphatic rings. The molecule has 0 unspecified atom stereocenters. The summed E-state index contributed by atoms with van der Waals surface area (Å²) in [7, 11) is 0. The third-order valence-electron chi connectivity index (χ3n) is 4.11. The lowest BCUT2D eigenvalue weighted by atomic mass is 10.1. The number of carbonyl (C=O) groups excluding carboxylic acids is 1. The second-order valence-corrected chi connectivity index (χ2v) is 6.33. The van der Waals surface area contributed by atoms with E-state index in [1.807, 2.05) is 30.3 Å². The molecule has 2 heterocycles. The molecule has 0 atom stereocenters. The first kappa shape index (κ1) is 17.4. The summed E-state index contributed by atoms with van der Waals surface area (Å²) in [6, 6.07) is 9.39. The maximum Gasteiger partial charge on any atom is 0.256 e. The van der Waals surface area contributed by atoms with Gasteiger partial charge in [0, 0.05) is 23.3 Å². The van der Waals surface area contributed by atoms with Crippen LogP contribution in [0.3, 0.4) is 0 Å². The van der Waals surface area contributed by atoms with E-state index >= 15 is 0 Å². The van der Waals surface area contributed by atoms with Crippen molar-refractivity contribution in [2.45, 2.75) is 32.6 Å². The number of nitrogens with zero attached hydrogens (tertiary/aromatic N) is 3. The number of halogens is 1. The molecule has 0 saturated carbocycles. The van der Waals surface area contributed by atoms with Crippen molar-refractivity contribution in [2.24, 2.45) is 0 Å². The zero-order valence-electron chi connectivity index (χ0n) is 14.2. The number of aromatic nitrogens is 3. The summed E-state index contributed by atoms with van der Waals surface area (Å²) in [5, 5.41) is 7.93. The molecule has 25 heavy (non-hydrogen) atoms. The summed E-state index contributed by atoms with van der Waals surface area (Å²) in [5.41, 5.74) is 2.66. The van der Waals surface area contributed by atoms with Gasteiger partial charge in [-0.1, -0.05) is 56.0 Å². The van der Waals surface area contributed by atoms with Crippen LogP contribution in [0.1, 0.15) is 43.0 Å².